The summed E-state index contributed by atoms with van der Waals surface area (Å²) in [5.74, 6) is 0.626. The quantitative estimate of drug-likeness (QED) is 0.537. The fourth-order valence-corrected chi connectivity index (χ4v) is 4.86. The van der Waals surface area contributed by atoms with Crippen molar-refractivity contribution in [3.8, 4) is 0 Å². The molecule has 88 valence electrons. The zero-order valence-corrected chi connectivity index (χ0v) is 11.2. The Hall–Kier alpha value is -0.163. The van der Waals surface area contributed by atoms with Gasteiger partial charge in [-0.2, -0.15) is 0 Å². The number of hydrogen-bond donors (Lipinski definition) is 0. The van der Waals surface area contributed by atoms with E-state index in [1.165, 1.54) is 6.42 Å². The zero-order chi connectivity index (χ0) is 11.3. The van der Waals surface area contributed by atoms with Gasteiger partial charge in [0.05, 0.1) is 0 Å². The molecule has 1 rings (SSSR count). The van der Waals surface area contributed by atoms with Crippen molar-refractivity contribution in [2.75, 3.05) is 21.3 Å². The number of allylic oxidation sites excluding steroid dienone is 2. The van der Waals surface area contributed by atoms with Crippen LogP contribution in [0.15, 0.2) is 12.2 Å². The SMILES string of the molecule is CO[Si](OC)(OC)C(C)C1CC=CCC1. The number of rotatable bonds is 5. The molecule has 15 heavy (non-hydrogen) atoms. The van der Waals surface area contributed by atoms with Crippen LogP contribution in [0.5, 0.6) is 0 Å². The molecule has 0 radical (unpaired) electrons. The summed E-state index contributed by atoms with van der Waals surface area (Å²) in [6.07, 6.45) is 7.99. The lowest BCUT2D eigenvalue weighted by molar-refractivity contribution is 0.103. The van der Waals surface area contributed by atoms with E-state index in [-0.39, 0.29) is 0 Å². The Balaban J connectivity index is 2.70. The van der Waals surface area contributed by atoms with Crippen LogP contribution < -0.4 is 0 Å². The van der Waals surface area contributed by atoms with Crippen molar-refractivity contribution in [3.05, 3.63) is 12.2 Å². The average molecular weight is 230 g/mol. The summed E-state index contributed by atoms with van der Waals surface area (Å²) in [7, 11) is 2.62. The lowest BCUT2D eigenvalue weighted by Crippen LogP contribution is -2.49. The minimum atomic E-state index is -2.44. The van der Waals surface area contributed by atoms with Crippen LogP contribution >= 0.6 is 0 Å². The minimum Gasteiger partial charge on any atom is -0.377 e. The second-order valence-electron chi connectivity index (χ2n) is 4.05. The molecule has 3 nitrogen and oxygen atoms in total. The van der Waals surface area contributed by atoms with Gasteiger partial charge in [-0.3, -0.25) is 0 Å². The van der Waals surface area contributed by atoms with Crippen LogP contribution in [0.4, 0.5) is 0 Å². The van der Waals surface area contributed by atoms with E-state index in [1.54, 1.807) is 21.3 Å². The van der Waals surface area contributed by atoms with Gasteiger partial charge in [0.2, 0.25) is 0 Å². The van der Waals surface area contributed by atoms with Gasteiger partial charge in [-0.05, 0) is 25.2 Å². The molecule has 0 aromatic rings. The Morgan fingerprint density at radius 1 is 1.13 bits per heavy atom. The number of hydrogen-bond acceptors (Lipinski definition) is 3. The average Bonchev–Trinajstić information content (AvgIpc) is 2.33. The Bertz CT molecular complexity index is 206. The maximum absolute atomic E-state index is 5.52. The lowest BCUT2D eigenvalue weighted by Gasteiger charge is -2.35. The Labute approximate surface area is 93.8 Å². The molecule has 2 atom stereocenters. The first-order valence-corrected chi connectivity index (χ1v) is 7.30. The van der Waals surface area contributed by atoms with Gasteiger partial charge < -0.3 is 13.3 Å². The summed E-state index contributed by atoms with van der Waals surface area (Å²) in [5, 5.41) is 0. The highest BCUT2D eigenvalue weighted by molar-refractivity contribution is 6.62. The van der Waals surface area contributed by atoms with Gasteiger partial charge in [0.1, 0.15) is 0 Å². The van der Waals surface area contributed by atoms with Gasteiger partial charge in [-0.1, -0.05) is 19.1 Å². The van der Waals surface area contributed by atoms with Crippen LogP contribution in [0.1, 0.15) is 26.2 Å². The smallest absolute Gasteiger partial charge is 0.377 e. The molecule has 0 aliphatic heterocycles. The summed E-state index contributed by atoms with van der Waals surface area (Å²) >= 11 is 0. The van der Waals surface area contributed by atoms with E-state index in [0.29, 0.717) is 11.5 Å². The van der Waals surface area contributed by atoms with E-state index in [2.05, 4.69) is 19.1 Å². The van der Waals surface area contributed by atoms with E-state index >= 15 is 0 Å². The largest absolute Gasteiger partial charge is 0.503 e. The highest BCUT2D eigenvalue weighted by atomic mass is 28.4. The van der Waals surface area contributed by atoms with E-state index in [4.69, 9.17) is 13.3 Å². The summed E-state index contributed by atoms with van der Waals surface area (Å²) in [4.78, 5) is 0. The molecule has 0 saturated carbocycles. The van der Waals surface area contributed by atoms with Crippen LogP contribution in [0.3, 0.4) is 0 Å². The molecular weight excluding hydrogens is 208 g/mol. The first-order chi connectivity index (χ1) is 7.20. The van der Waals surface area contributed by atoms with Crippen LogP contribution in [0.2, 0.25) is 5.54 Å². The van der Waals surface area contributed by atoms with Gasteiger partial charge >= 0.3 is 8.80 Å². The van der Waals surface area contributed by atoms with Crippen molar-refractivity contribution in [1.29, 1.82) is 0 Å². The second-order valence-corrected chi connectivity index (χ2v) is 7.39. The third-order valence-electron chi connectivity index (χ3n) is 3.43. The lowest BCUT2D eigenvalue weighted by atomic mass is 9.92. The van der Waals surface area contributed by atoms with Gasteiger partial charge in [0, 0.05) is 26.9 Å². The van der Waals surface area contributed by atoms with Gasteiger partial charge in [0.25, 0.3) is 0 Å². The monoisotopic (exact) mass is 230 g/mol. The molecule has 0 bridgehead atoms. The third kappa shape index (κ3) is 2.69. The van der Waals surface area contributed by atoms with E-state index in [0.717, 1.165) is 12.8 Å². The molecular formula is C11H22O3Si. The van der Waals surface area contributed by atoms with E-state index in [1.807, 2.05) is 0 Å². The van der Waals surface area contributed by atoms with Gasteiger partial charge in [-0.15, -0.1) is 0 Å². The molecule has 0 aromatic carbocycles. The summed E-state index contributed by atoms with van der Waals surface area (Å²) < 4.78 is 16.6. The molecule has 2 unspecified atom stereocenters. The molecule has 1 aliphatic rings. The van der Waals surface area contributed by atoms with Crippen molar-refractivity contribution >= 4 is 8.80 Å². The molecule has 0 aromatic heterocycles. The first-order valence-electron chi connectivity index (χ1n) is 5.50. The van der Waals surface area contributed by atoms with E-state index in [9.17, 15) is 0 Å². The van der Waals surface area contributed by atoms with Gasteiger partial charge in [0.15, 0.2) is 0 Å². The minimum absolute atomic E-state index is 0.363. The molecule has 0 heterocycles. The van der Waals surface area contributed by atoms with Crippen LogP contribution in [0.25, 0.3) is 0 Å². The Morgan fingerprint density at radius 3 is 2.13 bits per heavy atom. The maximum atomic E-state index is 5.52. The molecule has 0 fully saturated rings. The molecule has 0 N–H and O–H groups in total. The standard InChI is InChI=1S/C11H22O3Si/c1-10(11-8-6-5-7-9-11)15(12-2,13-3)14-4/h5-6,10-11H,7-9H2,1-4H3. The normalized spacial score (nSPS) is 24.1. The molecule has 1 aliphatic carbocycles. The highest BCUT2D eigenvalue weighted by Gasteiger charge is 2.47. The van der Waals surface area contributed by atoms with Crippen LogP contribution in [0, 0.1) is 5.92 Å². The predicted octanol–water partition coefficient (Wildman–Crippen LogP) is 2.61. The van der Waals surface area contributed by atoms with Gasteiger partial charge in [-0.25, -0.2) is 0 Å². The maximum Gasteiger partial charge on any atom is 0.503 e. The fourth-order valence-electron chi connectivity index (χ4n) is 2.37. The van der Waals surface area contributed by atoms with Crippen LogP contribution in [-0.4, -0.2) is 30.1 Å². The van der Waals surface area contributed by atoms with Crippen molar-refractivity contribution in [2.24, 2.45) is 5.92 Å². The third-order valence-corrected chi connectivity index (χ3v) is 6.72. The first kappa shape index (κ1) is 12.9. The predicted molar refractivity (Wildman–Crippen MR) is 62.7 cm³/mol. The molecule has 0 amide bonds. The van der Waals surface area contributed by atoms with Crippen molar-refractivity contribution in [1.82, 2.24) is 0 Å². The van der Waals surface area contributed by atoms with E-state index < -0.39 is 8.80 Å². The van der Waals surface area contributed by atoms with Crippen LogP contribution in [-0.2, 0) is 13.3 Å². The zero-order valence-electron chi connectivity index (χ0n) is 10.2. The van der Waals surface area contributed by atoms with Crippen molar-refractivity contribution in [3.63, 3.8) is 0 Å². The fraction of sp³-hybridized carbons (Fsp3) is 0.818. The Kier molecular flexibility index (Phi) is 4.98. The summed E-state index contributed by atoms with van der Waals surface area (Å²) in [6, 6.07) is 0. The van der Waals surface area contributed by atoms with Crippen molar-refractivity contribution in [2.45, 2.75) is 31.7 Å². The molecule has 0 saturated heterocycles. The topological polar surface area (TPSA) is 27.7 Å². The Morgan fingerprint density at radius 2 is 1.73 bits per heavy atom. The molecule has 0 spiro atoms. The summed E-state index contributed by atoms with van der Waals surface area (Å²) in [5.41, 5.74) is 0.363. The summed E-state index contributed by atoms with van der Waals surface area (Å²) in [6.45, 7) is 2.19. The van der Waals surface area contributed by atoms with Crippen molar-refractivity contribution < 1.29 is 13.3 Å². The highest BCUT2D eigenvalue weighted by Crippen LogP contribution is 2.37. The second kappa shape index (κ2) is 5.79. The molecule has 4 heteroatoms.